The van der Waals surface area contributed by atoms with Gasteiger partial charge in [-0.15, -0.1) is 0 Å². The van der Waals surface area contributed by atoms with Gasteiger partial charge in [0.05, 0.1) is 12.8 Å². The molecule has 0 saturated carbocycles. The third kappa shape index (κ3) is 3.62. The van der Waals surface area contributed by atoms with E-state index in [1.807, 2.05) is 0 Å². The second kappa shape index (κ2) is 7.96. The monoisotopic (exact) mass is 428 g/mol. The predicted octanol–water partition coefficient (Wildman–Crippen LogP) is 3.49. The van der Waals surface area contributed by atoms with E-state index in [9.17, 15) is 14.0 Å². The van der Waals surface area contributed by atoms with Crippen molar-refractivity contribution >= 4 is 34.3 Å². The summed E-state index contributed by atoms with van der Waals surface area (Å²) in [6, 6.07) is 10.6. The number of methoxy groups -OCH3 is 1. The highest BCUT2D eigenvalue weighted by Gasteiger charge is 2.20. The summed E-state index contributed by atoms with van der Waals surface area (Å²) in [6.07, 6.45) is 1.16. The lowest BCUT2D eigenvalue weighted by Gasteiger charge is -2.11. The van der Waals surface area contributed by atoms with Gasteiger partial charge in [-0.1, -0.05) is 28.9 Å². The van der Waals surface area contributed by atoms with Crippen LogP contribution < -0.4 is 15.6 Å². The van der Waals surface area contributed by atoms with Crippen LogP contribution in [0, 0.1) is 5.82 Å². The first-order chi connectivity index (χ1) is 14.5. The van der Waals surface area contributed by atoms with E-state index in [0.717, 1.165) is 10.9 Å². The molecule has 0 atom stereocenters. The topological polar surface area (TPSA) is 99.2 Å². The van der Waals surface area contributed by atoms with E-state index in [1.165, 1.54) is 31.4 Å². The second-order valence-corrected chi connectivity index (χ2v) is 6.70. The van der Waals surface area contributed by atoms with Crippen molar-refractivity contribution in [3.8, 4) is 17.0 Å². The number of nitrogens with one attached hydrogen (secondary N) is 1. The molecule has 0 spiro atoms. The molecule has 1 amide bonds. The largest absolute Gasteiger partial charge is 0.495 e. The van der Waals surface area contributed by atoms with Gasteiger partial charge in [-0.25, -0.2) is 9.37 Å². The number of hydrogen-bond acceptors (Lipinski definition) is 6. The number of benzene rings is 2. The lowest BCUT2D eigenvalue weighted by atomic mass is 10.1. The number of fused-ring (bicyclic) bond motifs is 1. The van der Waals surface area contributed by atoms with E-state index in [4.69, 9.17) is 20.9 Å². The van der Waals surface area contributed by atoms with Crippen LogP contribution in [-0.2, 0) is 11.3 Å². The highest BCUT2D eigenvalue weighted by Crippen LogP contribution is 2.28. The molecule has 0 saturated heterocycles. The normalized spacial score (nSPS) is 10.9. The number of carbonyl (C=O) groups excluding carboxylic acids is 1. The summed E-state index contributed by atoms with van der Waals surface area (Å²) < 4.78 is 25.5. The minimum atomic E-state index is -0.590. The summed E-state index contributed by atoms with van der Waals surface area (Å²) in [7, 11) is 1.46. The molecule has 2 aromatic carbocycles. The van der Waals surface area contributed by atoms with Gasteiger partial charge < -0.3 is 14.6 Å². The van der Waals surface area contributed by atoms with E-state index in [2.05, 4.69) is 15.5 Å². The van der Waals surface area contributed by atoms with E-state index >= 15 is 0 Å². The molecule has 0 aliphatic heterocycles. The molecule has 8 nitrogen and oxygen atoms in total. The van der Waals surface area contributed by atoms with Crippen molar-refractivity contribution < 1.29 is 18.4 Å². The van der Waals surface area contributed by atoms with E-state index in [0.29, 0.717) is 16.5 Å². The molecular formula is C20H14ClFN4O4. The molecule has 4 rings (SSSR count). The van der Waals surface area contributed by atoms with Crippen LogP contribution in [0.3, 0.4) is 0 Å². The van der Waals surface area contributed by atoms with Gasteiger partial charge in [0, 0.05) is 10.6 Å². The van der Waals surface area contributed by atoms with Crippen LogP contribution in [-0.4, -0.2) is 27.7 Å². The summed E-state index contributed by atoms with van der Waals surface area (Å²) in [5.74, 6) is -0.662. The molecule has 0 aliphatic rings. The number of rotatable bonds is 5. The zero-order chi connectivity index (χ0) is 21.3. The molecule has 0 unspecified atom stereocenters. The number of aromatic nitrogens is 3. The molecule has 1 N–H and O–H groups in total. The quantitative estimate of drug-likeness (QED) is 0.522. The number of nitrogens with zero attached hydrogens (tertiary/aromatic N) is 3. The summed E-state index contributed by atoms with van der Waals surface area (Å²) in [6.45, 7) is -0.348. The smallest absolute Gasteiger partial charge is 0.267 e. The maximum atomic E-state index is 14.2. The molecule has 30 heavy (non-hydrogen) atoms. The first-order valence-electron chi connectivity index (χ1n) is 8.71. The van der Waals surface area contributed by atoms with Crippen molar-refractivity contribution in [2.45, 2.75) is 6.54 Å². The Balaban J connectivity index is 1.67. The van der Waals surface area contributed by atoms with Crippen LogP contribution in [0.4, 0.5) is 10.1 Å². The molecule has 0 radical (unpaired) electrons. The Morgan fingerprint density at radius 2 is 2.10 bits per heavy atom. The Kier molecular flexibility index (Phi) is 5.20. The van der Waals surface area contributed by atoms with Crippen LogP contribution in [0.15, 0.2) is 58.1 Å². The fourth-order valence-corrected chi connectivity index (χ4v) is 3.12. The number of anilines is 1. The average Bonchev–Trinajstić information content (AvgIpc) is 3.15. The van der Waals surface area contributed by atoms with Crippen molar-refractivity contribution in [2.24, 2.45) is 0 Å². The SMILES string of the molecule is COc1ccc(Cl)cc1NC(=O)Cn1cnc2onc(-c3ccccc3F)c2c1=O. The number of hydrogen-bond donors (Lipinski definition) is 1. The molecule has 0 fully saturated rings. The highest BCUT2D eigenvalue weighted by atomic mass is 35.5. The summed E-state index contributed by atoms with van der Waals surface area (Å²) in [5.41, 5.74) is -0.166. The maximum absolute atomic E-state index is 14.2. The molecule has 10 heteroatoms. The van der Waals surface area contributed by atoms with Gasteiger partial charge in [0.25, 0.3) is 11.3 Å². The molecule has 0 bridgehead atoms. The van der Waals surface area contributed by atoms with Gasteiger partial charge in [-0.2, -0.15) is 0 Å². The molecule has 4 aromatic rings. The van der Waals surface area contributed by atoms with E-state index in [-0.39, 0.29) is 28.9 Å². The van der Waals surface area contributed by atoms with Gasteiger partial charge in [0.2, 0.25) is 5.91 Å². The number of ether oxygens (including phenoxy) is 1. The standard InChI is InChI=1S/C20H14ClFN4O4/c1-29-15-7-6-11(21)8-14(15)24-16(27)9-26-10-23-19-17(20(26)28)18(25-30-19)12-4-2-3-5-13(12)22/h2-8,10H,9H2,1H3,(H,24,27). The summed E-state index contributed by atoms with van der Waals surface area (Å²) >= 11 is 5.96. The van der Waals surface area contributed by atoms with Crippen LogP contribution in [0.5, 0.6) is 5.75 Å². The van der Waals surface area contributed by atoms with Crippen LogP contribution in [0.1, 0.15) is 0 Å². The van der Waals surface area contributed by atoms with Crippen molar-refractivity contribution in [2.75, 3.05) is 12.4 Å². The molecule has 152 valence electrons. The maximum Gasteiger partial charge on any atom is 0.267 e. The van der Waals surface area contributed by atoms with Crippen molar-refractivity contribution in [1.29, 1.82) is 0 Å². The molecule has 2 heterocycles. The van der Waals surface area contributed by atoms with Gasteiger partial charge in [-0.05, 0) is 30.3 Å². The average molecular weight is 429 g/mol. The third-order valence-corrected chi connectivity index (χ3v) is 4.58. The Hall–Kier alpha value is -3.72. The first kappa shape index (κ1) is 19.6. The number of halogens is 2. The second-order valence-electron chi connectivity index (χ2n) is 6.26. The van der Waals surface area contributed by atoms with E-state index in [1.54, 1.807) is 18.2 Å². The minimum absolute atomic E-state index is 0.0178. The Labute approximate surface area is 173 Å². The van der Waals surface area contributed by atoms with Crippen LogP contribution in [0.25, 0.3) is 22.4 Å². The molecule has 2 aromatic heterocycles. The number of amides is 1. The summed E-state index contributed by atoms with van der Waals surface area (Å²) in [4.78, 5) is 29.4. The lowest BCUT2D eigenvalue weighted by Crippen LogP contribution is -2.28. The van der Waals surface area contributed by atoms with Crippen molar-refractivity contribution in [3.63, 3.8) is 0 Å². The zero-order valence-electron chi connectivity index (χ0n) is 15.6. The fraction of sp³-hybridized carbons (Fsp3) is 0.100. The van der Waals surface area contributed by atoms with E-state index < -0.39 is 17.3 Å². The summed E-state index contributed by atoms with van der Waals surface area (Å²) in [5, 5.41) is 6.82. The number of carbonyl (C=O) groups is 1. The van der Waals surface area contributed by atoms with Crippen molar-refractivity contribution in [1.82, 2.24) is 14.7 Å². The van der Waals surface area contributed by atoms with Crippen molar-refractivity contribution in [3.05, 3.63) is 70.0 Å². The Morgan fingerprint density at radius 1 is 1.30 bits per heavy atom. The van der Waals surface area contributed by atoms with Crippen LogP contribution >= 0.6 is 11.6 Å². The molecule has 0 aliphatic carbocycles. The highest BCUT2D eigenvalue weighted by molar-refractivity contribution is 6.31. The fourth-order valence-electron chi connectivity index (χ4n) is 2.95. The zero-order valence-corrected chi connectivity index (χ0v) is 16.3. The van der Waals surface area contributed by atoms with Gasteiger partial charge in [0.15, 0.2) is 0 Å². The van der Waals surface area contributed by atoms with Gasteiger partial charge in [0.1, 0.15) is 35.5 Å². The third-order valence-electron chi connectivity index (χ3n) is 4.34. The minimum Gasteiger partial charge on any atom is -0.495 e. The van der Waals surface area contributed by atoms with Gasteiger partial charge in [-0.3, -0.25) is 14.2 Å². The Bertz CT molecular complexity index is 1320. The predicted molar refractivity (Wildman–Crippen MR) is 108 cm³/mol. The lowest BCUT2D eigenvalue weighted by molar-refractivity contribution is -0.116. The molecular weight excluding hydrogens is 415 g/mol. The van der Waals surface area contributed by atoms with Gasteiger partial charge >= 0.3 is 0 Å². The van der Waals surface area contributed by atoms with Crippen LogP contribution in [0.2, 0.25) is 5.02 Å². The Morgan fingerprint density at radius 3 is 2.87 bits per heavy atom. The first-order valence-corrected chi connectivity index (χ1v) is 9.09.